The highest BCUT2D eigenvalue weighted by molar-refractivity contribution is 7.12. The Labute approximate surface area is 216 Å². The molecule has 2 rings (SSSR count). The predicted molar refractivity (Wildman–Crippen MR) is 135 cm³/mol. The number of aryl methyl sites for hydroxylation is 1. The molecule has 0 aliphatic carbocycles. The minimum absolute atomic E-state index is 0.0974. The predicted octanol–water partition coefficient (Wildman–Crippen LogP) is 7.02. The standard InChI is InChI=1S/C26H30F3NO6S/c1-16(8-5-7-13-30-25(34)35)21-15-20(31)22(24(33)36-21)23(32)17(2)14-19-11-10-18(37-19)9-4-3-6-12-26(27,28)29/h7,10-11,13-16,30-31H,3-6,8-9,12H2,1-2H3,(H,34,35)/b13-7+,17-14+. The summed E-state index contributed by atoms with van der Waals surface area (Å²) < 4.78 is 42.0. The molecule has 202 valence electrons. The Bertz CT molecular complexity index is 1200. The van der Waals surface area contributed by atoms with Crippen LogP contribution in [0, 0.1) is 0 Å². The molecule has 0 bridgehead atoms. The van der Waals surface area contributed by atoms with Crippen molar-refractivity contribution in [2.45, 2.75) is 70.9 Å². The van der Waals surface area contributed by atoms with Gasteiger partial charge in [0.15, 0.2) is 5.78 Å². The first-order valence-corrected chi connectivity index (χ1v) is 12.6. The third kappa shape index (κ3) is 10.3. The largest absolute Gasteiger partial charge is 0.507 e. The lowest BCUT2D eigenvalue weighted by molar-refractivity contribution is -0.135. The average molecular weight is 542 g/mol. The summed E-state index contributed by atoms with van der Waals surface area (Å²) in [6, 6.07) is 4.89. The van der Waals surface area contributed by atoms with E-state index in [0.717, 1.165) is 9.75 Å². The fourth-order valence-corrected chi connectivity index (χ4v) is 4.59. The number of aromatic hydroxyl groups is 1. The van der Waals surface area contributed by atoms with E-state index in [2.05, 4.69) is 5.32 Å². The quantitative estimate of drug-likeness (QED) is 0.142. The molecule has 2 heterocycles. The van der Waals surface area contributed by atoms with Crippen LogP contribution in [-0.2, 0) is 6.42 Å². The van der Waals surface area contributed by atoms with E-state index in [-0.39, 0.29) is 23.7 Å². The number of nitrogens with one attached hydrogen (secondary N) is 1. The maximum absolute atomic E-state index is 12.9. The van der Waals surface area contributed by atoms with Gasteiger partial charge in [-0.3, -0.25) is 10.1 Å². The third-order valence-electron chi connectivity index (χ3n) is 5.54. The number of thiophene rings is 1. The van der Waals surface area contributed by atoms with Gasteiger partial charge in [-0.05, 0) is 62.8 Å². The molecule has 11 heteroatoms. The lowest BCUT2D eigenvalue weighted by Gasteiger charge is -2.11. The van der Waals surface area contributed by atoms with Crippen LogP contribution < -0.4 is 10.9 Å². The lowest BCUT2D eigenvalue weighted by atomic mass is 10.00. The molecule has 2 aromatic rings. The van der Waals surface area contributed by atoms with Gasteiger partial charge < -0.3 is 14.6 Å². The van der Waals surface area contributed by atoms with E-state index in [9.17, 15) is 32.7 Å². The first-order chi connectivity index (χ1) is 17.4. The average Bonchev–Trinajstić information content (AvgIpc) is 3.23. The van der Waals surface area contributed by atoms with Crippen molar-refractivity contribution in [3.63, 3.8) is 0 Å². The van der Waals surface area contributed by atoms with Crippen LogP contribution in [0.2, 0.25) is 0 Å². The van der Waals surface area contributed by atoms with Crippen LogP contribution in [0.25, 0.3) is 6.08 Å². The zero-order chi connectivity index (χ0) is 27.6. The SMILES string of the molecule is C/C(=C\c1ccc(CCCCCC(F)(F)F)s1)C(=O)c1c(O)cc(C(C)CC/C=C/NC(=O)O)oc1=O. The molecule has 1 amide bonds. The maximum Gasteiger partial charge on any atom is 0.408 e. The van der Waals surface area contributed by atoms with Gasteiger partial charge >= 0.3 is 17.9 Å². The minimum atomic E-state index is -4.13. The van der Waals surface area contributed by atoms with Crippen LogP contribution in [0.4, 0.5) is 18.0 Å². The monoisotopic (exact) mass is 541 g/mol. The molecular formula is C26H30F3NO6S. The molecule has 0 aliphatic heterocycles. The zero-order valence-electron chi connectivity index (χ0n) is 20.6. The van der Waals surface area contributed by atoms with Gasteiger partial charge in [-0.25, -0.2) is 9.59 Å². The van der Waals surface area contributed by atoms with Gasteiger partial charge in [0.1, 0.15) is 17.1 Å². The van der Waals surface area contributed by atoms with Gasteiger partial charge in [0.2, 0.25) is 0 Å². The number of alkyl halides is 3. The molecule has 2 aromatic heterocycles. The number of unbranched alkanes of at least 4 members (excludes halogenated alkanes) is 2. The van der Waals surface area contributed by atoms with Gasteiger partial charge in [0, 0.05) is 34.4 Å². The van der Waals surface area contributed by atoms with Crippen LogP contribution in [0.5, 0.6) is 5.75 Å². The summed E-state index contributed by atoms with van der Waals surface area (Å²) in [5.74, 6) is -1.22. The summed E-state index contributed by atoms with van der Waals surface area (Å²) in [5.41, 5.74) is -1.19. The number of hydrogen-bond donors (Lipinski definition) is 3. The number of halogens is 3. The molecule has 7 nitrogen and oxygen atoms in total. The molecule has 0 aromatic carbocycles. The number of allylic oxidation sites excluding steroid dienone is 2. The first-order valence-electron chi connectivity index (χ1n) is 11.8. The Morgan fingerprint density at radius 3 is 2.59 bits per heavy atom. The van der Waals surface area contributed by atoms with E-state index in [1.165, 1.54) is 30.5 Å². The molecule has 0 radical (unpaired) electrons. The van der Waals surface area contributed by atoms with Crippen LogP contribution >= 0.6 is 11.3 Å². The van der Waals surface area contributed by atoms with Gasteiger partial charge in [-0.1, -0.05) is 19.4 Å². The summed E-state index contributed by atoms with van der Waals surface area (Å²) in [6.07, 6.45) is 1.24. The first kappa shape index (κ1) is 29.9. The van der Waals surface area contributed by atoms with Crippen molar-refractivity contribution in [3.8, 4) is 5.75 Å². The van der Waals surface area contributed by atoms with Crippen molar-refractivity contribution >= 4 is 29.3 Å². The number of carbonyl (C=O) groups is 2. The lowest BCUT2D eigenvalue weighted by Crippen LogP contribution is -2.16. The van der Waals surface area contributed by atoms with Crippen molar-refractivity contribution in [1.29, 1.82) is 0 Å². The van der Waals surface area contributed by atoms with Crippen molar-refractivity contribution in [1.82, 2.24) is 5.32 Å². The van der Waals surface area contributed by atoms with Crippen LogP contribution in [0.1, 0.15) is 84.2 Å². The van der Waals surface area contributed by atoms with E-state index < -0.39 is 41.4 Å². The summed E-state index contributed by atoms with van der Waals surface area (Å²) in [4.78, 5) is 37.5. The molecule has 37 heavy (non-hydrogen) atoms. The topological polar surface area (TPSA) is 117 Å². The molecule has 0 fully saturated rings. The normalized spacial score (nSPS) is 13.2. The van der Waals surface area contributed by atoms with Crippen LogP contribution in [0.3, 0.4) is 0 Å². The van der Waals surface area contributed by atoms with Gasteiger partial charge in [0.25, 0.3) is 0 Å². The molecular weight excluding hydrogens is 511 g/mol. The minimum Gasteiger partial charge on any atom is -0.507 e. The number of rotatable bonds is 13. The number of amides is 1. The zero-order valence-corrected chi connectivity index (χ0v) is 21.4. The fraction of sp³-hybridized carbons (Fsp3) is 0.423. The summed E-state index contributed by atoms with van der Waals surface area (Å²) >= 11 is 1.41. The Balaban J connectivity index is 2.00. The Morgan fingerprint density at radius 2 is 1.95 bits per heavy atom. The van der Waals surface area contributed by atoms with Crippen molar-refractivity contribution in [2.24, 2.45) is 0 Å². The van der Waals surface area contributed by atoms with E-state index in [4.69, 9.17) is 9.52 Å². The van der Waals surface area contributed by atoms with Gasteiger partial charge in [-0.15, -0.1) is 11.3 Å². The summed E-state index contributed by atoms with van der Waals surface area (Å²) in [7, 11) is 0. The van der Waals surface area contributed by atoms with E-state index >= 15 is 0 Å². The fourth-order valence-electron chi connectivity index (χ4n) is 3.54. The maximum atomic E-state index is 12.9. The second-order valence-electron chi connectivity index (χ2n) is 8.66. The number of carbonyl (C=O) groups excluding carboxylic acids is 1. The highest BCUT2D eigenvalue weighted by Crippen LogP contribution is 2.28. The van der Waals surface area contributed by atoms with E-state index in [1.807, 2.05) is 6.07 Å². The molecule has 1 unspecified atom stereocenters. The second-order valence-corrected chi connectivity index (χ2v) is 9.86. The van der Waals surface area contributed by atoms with E-state index in [0.29, 0.717) is 32.1 Å². The Morgan fingerprint density at radius 1 is 1.22 bits per heavy atom. The molecule has 3 N–H and O–H groups in total. The number of hydrogen-bond acceptors (Lipinski definition) is 6. The second kappa shape index (κ2) is 13.8. The molecule has 0 saturated heterocycles. The molecule has 0 spiro atoms. The van der Waals surface area contributed by atoms with Crippen LogP contribution in [-0.4, -0.2) is 28.3 Å². The van der Waals surface area contributed by atoms with Crippen molar-refractivity contribution < 1.29 is 37.4 Å². The Hall–Kier alpha value is -3.34. The summed E-state index contributed by atoms with van der Waals surface area (Å²) in [5, 5.41) is 21.0. The molecule has 1 atom stereocenters. The molecule has 0 saturated carbocycles. The Kier molecular flexibility index (Phi) is 11.2. The molecule has 0 aliphatic rings. The number of Topliss-reactive ketones (excluding diaryl/α,β-unsaturated/α-hetero) is 1. The van der Waals surface area contributed by atoms with Crippen molar-refractivity contribution in [2.75, 3.05) is 0 Å². The highest BCUT2D eigenvalue weighted by atomic mass is 32.1. The highest BCUT2D eigenvalue weighted by Gasteiger charge is 2.26. The van der Waals surface area contributed by atoms with Crippen LogP contribution in [0.15, 0.2) is 45.3 Å². The van der Waals surface area contributed by atoms with Gasteiger partial charge in [-0.2, -0.15) is 13.2 Å². The summed E-state index contributed by atoms with van der Waals surface area (Å²) in [6.45, 7) is 3.29. The smallest absolute Gasteiger partial charge is 0.408 e. The van der Waals surface area contributed by atoms with E-state index in [1.54, 1.807) is 25.1 Å². The van der Waals surface area contributed by atoms with Crippen molar-refractivity contribution in [3.05, 3.63) is 67.5 Å². The number of carboxylic acid groups (broad SMARTS) is 1. The number of ketones is 1. The van der Waals surface area contributed by atoms with Gasteiger partial charge in [0.05, 0.1) is 0 Å². The third-order valence-corrected chi connectivity index (χ3v) is 6.63.